The molecule has 2 saturated heterocycles. The molecule has 0 unspecified atom stereocenters. The number of imidazole rings is 1. The smallest absolute Gasteiger partial charge is 0.234 e. The van der Waals surface area contributed by atoms with Gasteiger partial charge in [-0.3, -0.25) is 4.79 Å². The van der Waals surface area contributed by atoms with E-state index >= 15 is 0 Å². The van der Waals surface area contributed by atoms with E-state index < -0.39 is 11.7 Å². The first kappa shape index (κ1) is 25.1. The molecule has 0 aliphatic carbocycles. The summed E-state index contributed by atoms with van der Waals surface area (Å²) in [4.78, 5) is 32.5. The van der Waals surface area contributed by atoms with Crippen LogP contribution in [0.25, 0.3) is 22.6 Å². The normalized spacial score (nSPS) is 21.2. The van der Waals surface area contributed by atoms with Crippen molar-refractivity contribution < 1.29 is 18.7 Å². The highest BCUT2D eigenvalue weighted by atomic mass is 19.1. The van der Waals surface area contributed by atoms with Crippen LogP contribution in [0.3, 0.4) is 0 Å². The van der Waals surface area contributed by atoms with Gasteiger partial charge in [-0.25, -0.2) is 19.3 Å². The predicted molar refractivity (Wildman–Crippen MR) is 144 cm³/mol. The first-order valence-corrected chi connectivity index (χ1v) is 13.0. The second-order valence-electron chi connectivity index (χ2n) is 10.1. The third-order valence-electron chi connectivity index (χ3n) is 7.04. The van der Waals surface area contributed by atoms with Crippen LogP contribution in [-0.4, -0.2) is 52.1 Å². The summed E-state index contributed by atoms with van der Waals surface area (Å²) in [5, 5.41) is 2.92. The van der Waals surface area contributed by atoms with E-state index in [2.05, 4.69) is 20.2 Å². The zero-order chi connectivity index (χ0) is 26.8. The lowest BCUT2D eigenvalue weighted by atomic mass is 9.91. The van der Waals surface area contributed by atoms with Gasteiger partial charge in [-0.1, -0.05) is 18.2 Å². The van der Waals surface area contributed by atoms with Gasteiger partial charge in [0.25, 0.3) is 0 Å². The van der Waals surface area contributed by atoms with Gasteiger partial charge in [0.1, 0.15) is 5.82 Å². The maximum absolute atomic E-state index is 13.7. The van der Waals surface area contributed by atoms with Crippen molar-refractivity contribution in [1.82, 2.24) is 19.9 Å². The van der Waals surface area contributed by atoms with Crippen LogP contribution >= 0.6 is 0 Å². The van der Waals surface area contributed by atoms with Crippen LogP contribution in [0.4, 0.5) is 16.0 Å². The summed E-state index contributed by atoms with van der Waals surface area (Å²) in [6, 6.07) is 17.2. The zero-order valence-corrected chi connectivity index (χ0v) is 21.6. The van der Waals surface area contributed by atoms with Crippen molar-refractivity contribution in [2.45, 2.75) is 26.1 Å². The number of hydrogen-bond donors (Lipinski definition) is 2. The minimum absolute atomic E-state index is 0.144. The Bertz CT molecular complexity index is 1450. The molecule has 2 aromatic heterocycles. The van der Waals surface area contributed by atoms with Gasteiger partial charge < -0.3 is 24.7 Å². The van der Waals surface area contributed by atoms with Crippen LogP contribution in [0.15, 0.2) is 66.9 Å². The highest BCUT2D eigenvalue weighted by molar-refractivity contribution is 5.95. The molecule has 6 rings (SSSR count). The number of carbonyl (C=O) groups excluding carboxylic acids is 1. The topological polar surface area (TPSA) is 105 Å². The number of anilines is 2. The van der Waals surface area contributed by atoms with Crippen LogP contribution in [0.1, 0.15) is 31.9 Å². The van der Waals surface area contributed by atoms with Crippen LogP contribution in [0.5, 0.6) is 0 Å². The number of rotatable bonds is 6. The SMILES string of the molecule is CC1(C(=O)Nc2ccccc2)COC(c2nc(-c3ccc(F)cc3)c(-c3ccnc(N4CCCC4)n3)[nH]2)OC1. The molecular formula is C29H29FN6O3. The van der Waals surface area contributed by atoms with Crippen molar-refractivity contribution in [2.24, 2.45) is 5.41 Å². The molecule has 2 aliphatic heterocycles. The fraction of sp³-hybridized carbons (Fsp3) is 0.310. The van der Waals surface area contributed by atoms with Crippen LogP contribution in [0.2, 0.25) is 0 Å². The Labute approximate surface area is 225 Å². The number of nitrogens with zero attached hydrogens (tertiary/aromatic N) is 4. The summed E-state index contributed by atoms with van der Waals surface area (Å²) < 4.78 is 25.7. The van der Waals surface area contributed by atoms with Crippen molar-refractivity contribution in [3.05, 3.63) is 78.5 Å². The van der Waals surface area contributed by atoms with E-state index in [1.807, 2.05) is 36.4 Å². The number of carbonyl (C=O) groups is 1. The number of ether oxygens (including phenoxy) is 2. The Morgan fingerprint density at radius 2 is 1.74 bits per heavy atom. The minimum Gasteiger partial charge on any atom is -0.345 e. The van der Waals surface area contributed by atoms with Crippen molar-refractivity contribution in [3.8, 4) is 22.6 Å². The lowest BCUT2D eigenvalue weighted by molar-refractivity contribution is -0.229. The molecule has 4 aromatic rings. The molecular weight excluding hydrogens is 499 g/mol. The maximum Gasteiger partial charge on any atom is 0.234 e. The monoisotopic (exact) mass is 528 g/mol. The fourth-order valence-electron chi connectivity index (χ4n) is 4.76. The summed E-state index contributed by atoms with van der Waals surface area (Å²) in [6.07, 6.45) is 3.15. The third-order valence-corrected chi connectivity index (χ3v) is 7.04. The number of benzene rings is 2. The van der Waals surface area contributed by atoms with Gasteiger partial charge in [0.2, 0.25) is 18.1 Å². The number of para-hydroxylation sites is 1. The van der Waals surface area contributed by atoms with E-state index in [9.17, 15) is 9.18 Å². The maximum atomic E-state index is 13.7. The van der Waals surface area contributed by atoms with Gasteiger partial charge in [-0.2, -0.15) is 0 Å². The molecule has 1 amide bonds. The first-order chi connectivity index (χ1) is 19.0. The highest BCUT2D eigenvalue weighted by Gasteiger charge is 2.41. The van der Waals surface area contributed by atoms with Crippen LogP contribution < -0.4 is 10.2 Å². The molecule has 200 valence electrons. The molecule has 0 radical (unpaired) electrons. The molecule has 0 atom stereocenters. The van der Waals surface area contributed by atoms with E-state index in [0.29, 0.717) is 34.5 Å². The van der Waals surface area contributed by atoms with Crippen molar-refractivity contribution in [1.29, 1.82) is 0 Å². The summed E-state index contributed by atoms with van der Waals surface area (Å²) in [7, 11) is 0. The lowest BCUT2D eigenvalue weighted by Gasteiger charge is -2.35. The van der Waals surface area contributed by atoms with Gasteiger partial charge in [0, 0.05) is 30.5 Å². The third kappa shape index (κ3) is 5.25. The summed E-state index contributed by atoms with van der Waals surface area (Å²) in [5.41, 5.74) is 2.47. The first-order valence-electron chi connectivity index (χ1n) is 13.0. The molecule has 9 nitrogen and oxygen atoms in total. The average Bonchev–Trinajstić information content (AvgIpc) is 3.66. The Morgan fingerprint density at radius 1 is 1.03 bits per heavy atom. The van der Waals surface area contributed by atoms with E-state index in [0.717, 1.165) is 31.5 Å². The van der Waals surface area contributed by atoms with Gasteiger partial charge in [0.15, 0.2) is 5.82 Å². The standard InChI is InChI=1S/C29H29FN6O3/c1-29(27(37)32-21-7-3-2-4-8-21)17-38-26(39-18-29)25-34-23(19-9-11-20(30)12-10-19)24(35-25)22-13-14-31-28(33-22)36-15-5-6-16-36/h2-4,7-14,26H,5-6,15-18H2,1H3,(H,32,37)(H,34,35). The van der Waals surface area contributed by atoms with Crippen molar-refractivity contribution in [3.63, 3.8) is 0 Å². The molecule has 2 fully saturated rings. The van der Waals surface area contributed by atoms with Crippen LogP contribution in [0, 0.1) is 11.2 Å². The number of amides is 1. The molecule has 0 spiro atoms. The number of H-pyrrole nitrogens is 1. The second-order valence-corrected chi connectivity index (χ2v) is 10.1. The Morgan fingerprint density at radius 3 is 2.46 bits per heavy atom. The van der Waals surface area contributed by atoms with Gasteiger partial charge in [-0.05, 0) is 62.2 Å². The summed E-state index contributed by atoms with van der Waals surface area (Å²) in [6.45, 7) is 3.93. The largest absolute Gasteiger partial charge is 0.345 e. The molecule has 4 heterocycles. The zero-order valence-electron chi connectivity index (χ0n) is 21.6. The molecule has 0 bridgehead atoms. The van der Waals surface area contributed by atoms with Crippen molar-refractivity contribution in [2.75, 3.05) is 36.5 Å². The van der Waals surface area contributed by atoms with E-state index in [1.165, 1.54) is 12.1 Å². The van der Waals surface area contributed by atoms with E-state index in [4.69, 9.17) is 19.4 Å². The van der Waals surface area contributed by atoms with Crippen molar-refractivity contribution >= 4 is 17.5 Å². The number of aromatic nitrogens is 4. The Balaban J connectivity index is 1.26. The lowest BCUT2D eigenvalue weighted by Crippen LogP contribution is -2.45. The highest BCUT2D eigenvalue weighted by Crippen LogP contribution is 2.36. The van der Waals surface area contributed by atoms with Gasteiger partial charge in [-0.15, -0.1) is 0 Å². The molecule has 39 heavy (non-hydrogen) atoms. The number of aromatic amines is 1. The van der Waals surface area contributed by atoms with Gasteiger partial charge >= 0.3 is 0 Å². The molecule has 10 heteroatoms. The Hall–Kier alpha value is -4.15. The quantitative estimate of drug-likeness (QED) is 0.364. The minimum atomic E-state index is -0.876. The molecule has 2 N–H and O–H groups in total. The van der Waals surface area contributed by atoms with E-state index in [-0.39, 0.29) is 24.9 Å². The molecule has 0 saturated carbocycles. The van der Waals surface area contributed by atoms with Crippen LogP contribution in [-0.2, 0) is 14.3 Å². The molecule has 2 aromatic carbocycles. The Kier molecular flexibility index (Phi) is 6.80. The number of halogens is 1. The summed E-state index contributed by atoms with van der Waals surface area (Å²) in [5.74, 6) is 0.587. The fourth-order valence-corrected chi connectivity index (χ4v) is 4.76. The molecule has 2 aliphatic rings. The average molecular weight is 529 g/mol. The summed E-state index contributed by atoms with van der Waals surface area (Å²) >= 11 is 0. The van der Waals surface area contributed by atoms with E-state index in [1.54, 1.807) is 25.3 Å². The predicted octanol–water partition coefficient (Wildman–Crippen LogP) is 4.96. The van der Waals surface area contributed by atoms with Gasteiger partial charge in [0.05, 0.1) is 35.7 Å². The number of nitrogens with one attached hydrogen (secondary N) is 2. The number of hydrogen-bond acceptors (Lipinski definition) is 7. The second kappa shape index (κ2) is 10.5.